The normalized spacial score (nSPS) is 13.6. The van der Waals surface area contributed by atoms with Crippen LogP contribution in [0.15, 0.2) is 70.3 Å². The Morgan fingerprint density at radius 2 is 1.91 bits per heavy atom. The van der Waals surface area contributed by atoms with Crippen LogP contribution >= 0.6 is 23.2 Å². The molecule has 5 nitrogen and oxygen atoms in total. The fraction of sp³-hybridized carbons (Fsp3) is 0.296. The number of halogens is 2. The van der Waals surface area contributed by atoms with Gasteiger partial charge in [0, 0.05) is 21.7 Å². The third kappa shape index (κ3) is 7.31. The van der Waals surface area contributed by atoms with Crippen LogP contribution in [0.5, 0.6) is 17.2 Å². The maximum absolute atomic E-state index is 12.5. The lowest BCUT2D eigenvalue weighted by Gasteiger charge is -2.17. The van der Waals surface area contributed by atoms with E-state index in [0.717, 1.165) is 41.9 Å². The van der Waals surface area contributed by atoms with Gasteiger partial charge in [-0.05, 0) is 55.2 Å². The molecule has 0 aromatic heterocycles. The minimum Gasteiger partial charge on any atom is -0.493 e. The number of rotatable bonds is 11. The summed E-state index contributed by atoms with van der Waals surface area (Å²) in [4.78, 5) is 12.5. The molecular formula is C27H29Cl2NO4. The van der Waals surface area contributed by atoms with Crippen LogP contribution in [0, 0.1) is 0 Å². The van der Waals surface area contributed by atoms with Gasteiger partial charge in [-0.1, -0.05) is 60.8 Å². The fourth-order valence-corrected chi connectivity index (χ4v) is 3.89. The first-order valence-corrected chi connectivity index (χ1v) is 12.0. The van der Waals surface area contributed by atoms with E-state index in [1.54, 1.807) is 25.3 Å². The van der Waals surface area contributed by atoms with Gasteiger partial charge < -0.3 is 19.5 Å². The average molecular weight is 502 g/mol. The van der Waals surface area contributed by atoms with E-state index < -0.39 is 0 Å². The van der Waals surface area contributed by atoms with E-state index in [1.807, 2.05) is 36.4 Å². The van der Waals surface area contributed by atoms with Crippen molar-refractivity contribution < 1.29 is 19.0 Å². The number of allylic oxidation sites excluding steroid dienone is 2. The van der Waals surface area contributed by atoms with Gasteiger partial charge in [0.2, 0.25) is 5.91 Å². The maximum atomic E-state index is 12.5. The van der Waals surface area contributed by atoms with Gasteiger partial charge in [-0.2, -0.15) is 0 Å². The van der Waals surface area contributed by atoms with Gasteiger partial charge in [-0.15, -0.1) is 0 Å². The first kappa shape index (κ1) is 25.7. The zero-order chi connectivity index (χ0) is 24.3. The molecule has 7 heteroatoms. The summed E-state index contributed by atoms with van der Waals surface area (Å²) in [6.07, 6.45) is 8.71. The summed E-state index contributed by atoms with van der Waals surface area (Å²) in [6, 6.07) is 12.8. The van der Waals surface area contributed by atoms with Crippen molar-refractivity contribution in [2.24, 2.45) is 0 Å². The van der Waals surface area contributed by atoms with Crippen molar-refractivity contribution in [1.29, 1.82) is 0 Å². The number of benzene rings is 2. The molecule has 2 aromatic carbocycles. The first-order valence-electron chi connectivity index (χ1n) is 11.3. The van der Waals surface area contributed by atoms with Gasteiger partial charge in [0.1, 0.15) is 12.4 Å². The Morgan fingerprint density at radius 1 is 1.09 bits per heavy atom. The number of hydrogen-bond acceptors (Lipinski definition) is 4. The van der Waals surface area contributed by atoms with Gasteiger partial charge in [0.15, 0.2) is 11.5 Å². The molecule has 1 N–H and O–H groups in total. The Morgan fingerprint density at radius 3 is 2.68 bits per heavy atom. The van der Waals surface area contributed by atoms with E-state index >= 15 is 0 Å². The monoisotopic (exact) mass is 501 g/mol. The quantitative estimate of drug-likeness (QED) is 0.259. The molecule has 180 valence electrons. The second kappa shape index (κ2) is 13.1. The van der Waals surface area contributed by atoms with Crippen molar-refractivity contribution in [2.75, 3.05) is 25.6 Å². The highest BCUT2D eigenvalue weighted by atomic mass is 35.5. The number of methoxy groups -OCH3 is 1. The highest BCUT2D eigenvalue weighted by molar-refractivity contribution is 6.36. The van der Waals surface area contributed by atoms with Crippen LogP contribution in [0.25, 0.3) is 6.08 Å². The van der Waals surface area contributed by atoms with E-state index in [1.165, 1.54) is 6.08 Å². The predicted molar refractivity (Wildman–Crippen MR) is 139 cm³/mol. The van der Waals surface area contributed by atoms with Crippen molar-refractivity contribution in [2.45, 2.75) is 32.6 Å². The lowest BCUT2D eigenvalue weighted by Crippen LogP contribution is -2.09. The zero-order valence-electron chi connectivity index (χ0n) is 19.4. The van der Waals surface area contributed by atoms with Crippen LogP contribution in [-0.4, -0.2) is 26.2 Å². The van der Waals surface area contributed by atoms with Crippen molar-refractivity contribution in [3.05, 3.63) is 75.8 Å². The van der Waals surface area contributed by atoms with E-state index in [0.29, 0.717) is 34.6 Å². The highest BCUT2D eigenvalue weighted by Crippen LogP contribution is 2.33. The van der Waals surface area contributed by atoms with E-state index in [-0.39, 0.29) is 12.5 Å². The second-order valence-corrected chi connectivity index (χ2v) is 8.56. The maximum Gasteiger partial charge on any atom is 0.248 e. The molecule has 34 heavy (non-hydrogen) atoms. The second-order valence-electron chi connectivity index (χ2n) is 7.69. The topological polar surface area (TPSA) is 56.8 Å². The van der Waals surface area contributed by atoms with Crippen LogP contribution < -0.4 is 19.5 Å². The summed E-state index contributed by atoms with van der Waals surface area (Å²) in [7, 11) is 1.57. The predicted octanol–water partition coefficient (Wildman–Crippen LogP) is 7.31. The largest absolute Gasteiger partial charge is 0.493 e. The Hall–Kier alpha value is -2.89. The molecule has 0 spiro atoms. The highest BCUT2D eigenvalue weighted by Gasteiger charge is 2.15. The molecule has 2 aromatic rings. The zero-order valence-corrected chi connectivity index (χ0v) is 20.9. The van der Waals surface area contributed by atoms with Gasteiger partial charge in [-0.3, -0.25) is 4.79 Å². The smallest absolute Gasteiger partial charge is 0.248 e. The third-order valence-electron chi connectivity index (χ3n) is 5.19. The number of carbonyl (C=O) groups is 1. The van der Waals surface area contributed by atoms with Gasteiger partial charge in [0.25, 0.3) is 0 Å². The molecule has 0 bridgehead atoms. The average Bonchev–Trinajstić information content (AvgIpc) is 2.84. The molecule has 0 radical (unpaired) electrons. The molecule has 0 fully saturated rings. The number of ether oxygens (including phenoxy) is 3. The van der Waals surface area contributed by atoms with Gasteiger partial charge >= 0.3 is 0 Å². The molecule has 1 aliphatic carbocycles. The first-order chi connectivity index (χ1) is 16.5. The van der Waals surface area contributed by atoms with Crippen LogP contribution in [-0.2, 0) is 4.79 Å². The molecular weight excluding hydrogens is 473 g/mol. The molecule has 3 rings (SSSR count). The van der Waals surface area contributed by atoms with Crippen molar-refractivity contribution >= 4 is 40.9 Å². The lowest BCUT2D eigenvalue weighted by atomic mass is 10.1. The molecule has 0 unspecified atom stereocenters. The summed E-state index contributed by atoms with van der Waals surface area (Å²) in [5.74, 6) is 1.51. The lowest BCUT2D eigenvalue weighted by molar-refractivity contribution is -0.111. The fourth-order valence-electron chi connectivity index (χ4n) is 3.30. The number of hydrogen-bond donors (Lipinski definition) is 1. The number of amides is 1. The van der Waals surface area contributed by atoms with E-state index in [2.05, 4.69) is 12.2 Å². The van der Waals surface area contributed by atoms with E-state index in [9.17, 15) is 4.79 Å². The summed E-state index contributed by atoms with van der Waals surface area (Å²) in [5, 5.41) is 4.21. The molecule has 0 saturated carbocycles. The molecule has 0 atom stereocenters. The molecule has 1 aliphatic rings. The van der Waals surface area contributed by atoms with Crippen LogP contribution in [0.1, 0.15) is 38.2 Å². The Balaban J connectivity index is 1.63. The number of para-hydroxylation sites is 2. The third-order valence-corrected chi connectivity index (χ3v) is 5.99. The summed E-state index contributed by atoms with van der Waals surface area (Å²) in [5.41, 5.74) is 2.22. The number of unbranched alkanes of at least 4 members (excludes halogenated alkanes) is 1. The van der Waals surface area contributed by atoms with Crippen LogP contribution in [0.2, 0.25) is 0 Å². The van der Waals surface area contributed by atoms with Crippen LogP contribution in [0.3, 0.4) is 0 Å². The molecule has 0 aliphatic heterocycles. The molecule has 0 saturated heterocycles. The number of carbonyl (C=O) groups excluding carboxylic acids is 1. The minimum absolute atomic E-state index is 0.252. The summed E-state index contributed by atoms with van der Waals surface area (Å²) < 4.78 is 17.2. The number of anilines is 1. The Kier molecular flexibility index (Phi) is 9.92. The summed E-state index contributed by atoms with van der Waals surface area (Å²) >= 11 is 12.6. The van der Waals surface area contributed by atoms with Crippen molar-refractivity contribution in [3.63, 3.8) is 0 Å². The van der Waals surface area contributed by atoms with E-state index in [4.69, 9.17) is 37.4 Å². The van der Waals surface area contributed by atoms with Gasteiger partial charge in [0.05, 0.1) is 19.4 Å². The number of nitrogens with one attached hydrogen (secondary N) is 1. The Labute approximate surface area is 211 Å². The Bertz CT molecular complexity index is 1090. The molecule has 1 amide bonds. The van der Waals surface area contributed by atoms with Crippen molar-refractivity contribution in [3.8, 4) is 17.2 Å². The standard InChI is InChI=1S/C27H29Cl2NO4/c1-3-4-16-33-24-11-6-5-10-23(24)30-27(31)15-13-19-12-14-25(26(17-19)32-2)34-18-20-21(28)8-7-9-22(20)29/h5-6,8,10-15,17H,3-4,7,9,16,18H2,1-2H3,(H,30,31)/b15-13+. The van der Waals surface area contributed by atoms with Crippen molar-refractivity contribution in [1.82, 2.24) is 0 Å². The SMILES string of the molecule is CCCCOc1ccccc1NC(=O)/C=C/c1ccc(OCC2=C(Cl)CCC=C2Cl)c(OC)c1. The van der Waals surface area contributed by atoms with Gasteiger partial charge in [-0.25, -0.2) is 0 Å². The minimum atomic E-state index is -0.258. The van der Waals surface area contributed by atoms with Crippen LogP contribution in [0.4, 0.5) is 5.69 Å². The summed E-state index contributed by atoms with van der Waals surface area (Å²) in [6.45, 7) is 2.97. The molecule has 0 heterocycles.